The van der Waals surface area contributed by atoms with Crippen LogP contribution in [0, 0.1) is 5.41 Å². The van der Waals surface area contributed by atoms with Gasteiger partial charge in [0.05, 0.1) is 6.04 Å². The number of benzene rings is 1. The first-order chi connectivity index (χ1) is 11.4. The van der Waals surface area contributed by atoms with Gasteiger partial charge >= 0.3 is 0 Å². The molecule has 0 spiro atoms. The zero-order chi connectivity index (χ0) is 17.3. The molecule has 24 heavy (non-hydrogen) atoms. The Morgan fingerprint density at radius 3 is 2.58 bits per heavy atom. The van der Waals surface area contributed by atoms with Gasteiger partial charge in [-0.2, -0.15) is 4.52 Å². The third-order valence-electron chi connectivity index (χ3n) is 3.93. The number of anilines is 1. The summed E-state index contributed by atoms with van der Waals surface area (Å²) in [5.74, 6) is 0. The minimum Gasteiger partial charge on any atom is -0.353 e. The molecule has 0 radical (unpaired) electrons. The minimum atomic E-state index is -0.131. The van der Waals surface area contributed by atoms with E-state index < -0.39 is 0 Å². The molecule has 0 fully saturated rings. The molecule has 1 aromatic carbocycles. The monoisotopic (exact) mass is 342 g/mol. The summed E-state index contributed by atoms with van der Waals surface area (Å²) in [4.78, 5) is 17.3. The van der Waals surface area contributed by atoms with Crippen LogP contribution in [-0.4, -0.2) is 14.6 Å². The van der Waals surface area contributed by atoms with Crippen LogP contribution >= 0.6 is 11.3 Å². The molecule has 1 unspecified atom stereocenters. The van der Waals surface area contributed by atoms with Crippen LogP contribution in [0.1, 0.15) is 45.0 Å². The molecule has 1 N–H and O–H groups in total. The van der Waals surface area contributed by atoms with Gasteiger partial charge in [-0.3, -0.25) is 4.79 Å². The van der Waals surface area contributed by atoms with Crippen molar-refractivity contribution in [1.29, 1.82) is 0 Å². The average Bonchev–Trinajstić information content (AvgIpc) is 2.95. The highest BCUT2D eigenvalue weighted by Crippen LogP contribution is 2.36. The molecule has 0 aliphatic heterocycles. The van der Waals surface area contributed by atoms with Gasteiger partial charge in [-0.05, 0) is 17.4 Å². The summed E-state index contributed by atoms with van der Waals surface area (Å²) in [5.41, 5.74) is 1.85. The standard InChI is InChI=1S/C18H22N4OS/c1-5-13-11-14(23)22-17(19-13)24-16(21-22)20-15(18(2,3)4)12-9-7-6-8-10-12/h6-11,15H,5H2,1-4H3,(H,20,21). The van der Waals surface area contributed by atoms with Crippen LogP contribution in [0.15, 0.2) is 41.2 Å². The number of fused-ring (bicyclic) bond motifs is 1. The number of nitrogens with one attached hydrogen (secondary N) is 1. The van der Waals surface area contributed by atoms with E-state index in [0.29, 0.717) is 10.1 Å². The van der Waals surface area contributed by atoms with Gasteiger partial charge in [0.2, 0.25) is 10.1 Å². The van der Waals surface area contributed by atoms with E-state index in [9.17, 15) is 4.79 Å². The van der Waals surface area contributed by atoms with Gasteiger partial charge in [0, 0.05) is 11.8 Å². The second-order valence-corrected chi connectivity index (χ2v) is 7.85. The fourth-order valence-electron chi connectivity index (χ4n) is 2.66. The lowest BCUT2D eigenvalue weighted by Gasteiger charge is -2.31. The number of rotatable bonds is 4. The van der Waals surface area contributed by atoms with E-state index >= 15 is 0 Å². The van der Waals surface area contributed by atoms with E-state index in [2.05, 4.69) is 48.3 Å². The number of nitrogens with zero attached hydrogens (tertiary/aromatic N) is 3. The first-order valence-corrected chi connectivity index (χ1v) is 8.91. The molecule has 0 saturated heterocycles. The summed E-state index contributed by atoms with van der Waals surface area (Å²) >= 11 is 1.41. The summed E-state index contributed by atoms with van der Waals surface area (Å²) in [5, 5.41) is 8.62. The third-order valence-corrected chi connectivity index (χ3v) is 4.77. The van der Waals surface area contributed by atoms with Crippen LogP contribution in [0.2, 0.25) is 0 Å². The summed E-state index contributed by atoms with van der Waals surface area (Å²) in [7, 11) is 0. The Labute approximate surface area is 145 Å². The van der Waals surface area contributed by atoms with Crippen molar-refractivity contribution in [3.63, 3.8) is 0 Å². The topological polar surface area (TPSA) is 59.3 Å². The first kappa shape index (κ1) is 16.6. The Morgan fingerprint density at radius 1 is 1.25 bits per heavy atom. The molecule has 0 aliphatic rings. The van der Waals surface area contributed by atoms with Crippen molar-refractivity contribution in [2.24, 2.45) is 5.41 Å². The molecule has 1 atom stereocenters. The third kappa shape index (κ3) is 3.33. The highest BCUT2D eigenvalue weighted by Gasteiger charge is 2.27. The van der Waals surface area contributed by atoms with E-state index in [-0.39, 0.29) is 17.0 Å². The van der Waals surface area contributed by atoms with Crippen molar-refractivity contribution < 1.29 is 0 Å². The molecule has 2 aromatic heterocycles. The van der Waals surface area contributed by atoms with Crippen LogP contribution in [0.3, 0.4) is 0 Å². The number of hydrogen-bond acceptors (Lipinski definition) is 5. The number of hydrogen-bond donors (Lipinski definition) is 1. The summed E-state index contributed by atoms with van der Waals surface area (Å²) < 4.78 is 1.37. The van der Waals surface area contributed by atoms with Crippen LogP contribution in [0.25, 0.3) is 4.96 Å². The van der Waals surface area contributed by atoms with Crippen molar-refractivity contribution in [2.45, 2.75) is 40.2 Å². The molecule has 0 aliphatic carbocycles. The lowest BCUT2D eigenvalue weighted by molar-refractivity contribution is 0.347. The lowest BCUT2D eigenvalue weighted by Crippen LogP contribution is -2.26. The largest absolute Gasteiger partial charge is 0.353 e. The maximum Gasteiger partial charge on any atom is 0.275 e. The van der Waals surface area contributed by atoms with Gasteiger partial charge in [0.15, 0.2) is 0 Å². The smallest absolute Gasteiger partial charge is 0.275 e. The van der Waals surface area contributed by atoms with Gasteiger partial charge in [0.25, 0.3) is 5.56 Å². The van der Waals surface area contributed by atoms with Crippen LogP contribution in [-0.2, 0) is 6.42 Å². The van der Waals surface area contributed by atoms with Crippen molar-refractivity contribution in [2.75, 3.05) is 5.32 Å². The van der Waals surface area contributed by atoms with Gasteiger partial charge < -0.3 is 5.32 Å². The zero-order valence-corrected chi connectivity index (χ0v) is 15.2. The highest BCUT2D eigenvalue weighted by molar-refractivity contribution is 7.20. The molecule has 0 bridgehead atoms. The predicted molar refractivity (Wildman–Crippen MR) is 98.8 cm³/mol. The molecule has 6 heteroatoms. The maximum atomic E-state index is 12.2. The molecule has 5 nitrogen and oxygen atoms in total. The minimum absolute atomic E-state index is 0.00776. The van der Waals surface area contributed by atoms with Crippen LogP contribution in [0.5, 0.6) is 0 Å². The summed E-state index contributed by atoms with van der Waals surface area (Å²) in [6, 6.07) is 11.9. The maximum absolute atomic E-state index is 12.2. The molecule has 3 aromatic rings. The van der Waals surface area contributed by atoms with E-state index in [0.717, 1.165) is 12.1 Å². The van der Waals surface area contributed by atoms with Gasteiger partial charge in [-0.15, -0.1) is 5.10 Å². The molecule has 126 valence electrons. The number of aromatic nitrogens is 3. The Balaban J connectivity index is 2.00. The quantitative estimate of drug-likeness (QED) is 0.781. The Kier molecular flexibility index (Phi) is 4.41. The summed E-state index contributed by atoms with van der Waals surface area (Å²) in [6.45, 7) is 8.54. The molecular weight excluding hydrogens is 320 g/mol. The molecule has 0 saturated carbocycles. The van der Waals surface area contributed by atoms with Crippen molar-refractivity contribution in [3.8, 4) is 0 Å². The van der Waals surface area contributed by atoms with Crippen molar-refractivity contribution in [3.05, 3.63) is 58.0 Å². The molecular formula is C18H22N4OS. The SMILES string of the molecule is CCc1cc(=O)n2nc(NC(c3ccccc3)C(C)(C)C)sc2n1. The van der Waals surface area contributed by atoms with Crippen molar-refractivity contribution >= 4 is 21.4 Å². The Morgan fingerprint density at radius 2 is 1.96 bits per heavy atom. The fraction of sp³-hybridized carbons (Fsp3) is 0.389. The van der Waals surface area contributed by atoms with E-state index in [1.807, 2.05) is 25.1 Å². The second kappa shape index (κ2) is 6.36. The van der Waals surface area contributed by atoms with Gasteiger partial charge in [0.1, 0.15) is 0 Å². The van der Waals surface area contributed by atoms with Crippen molar-refractivity contribution in [1.82, 2.24) is 14.6 Å². The van der Waals surface area contributed by atoms with E-state index in [1.54, 1.807) is 6.07 Å². The first-order valence-electron chi connectivity index (χ1n) is 8.10. The second-order valence-electron chi connectivity index (χ2n) is 6.89. The highest BCUT2D eigenvalue weighted by atomic mass is 32.1. The van der Waals surface area contributed by atoms with Gasteiger partial charge in [-0.1, -0.05) is 69.4 Å². The molecule has 0 amide bonds. The predicted octanol–water partition coefficient (Wildman–Crippen LogP) is 3.91. The Bertz CT molecular complexity index is 893. The van der Waals surface area contributed by atoms with Gasteiger partial charge in [-0.25, -0.2) is 4.98 Å². The normalized spacial score (nSPS) is 13.2. The average molecular weight is 342 g/mol. The molecule has 3 rings (SSSR count). The Hall–Kier alpha value is -2.21. The number of aryl methyl sites for hydroxylation is 1. The van der Waals surface area contributed by atoms with E-state index in [4.69, 9.17) is 0 Å². The lowest BCUT2D eigenvalue weighted by atomic mass is 9.82. The van der Waals surface area contributed by atoms with Crippen LogP contribution in [0.4, 0.5) is 5.13 Å². The molecule has 2 heterocycles. The van der Waals surface area contributed by atoms with E-state index in [1.165, 1.54) is 21.4 Å². The fourth-order valence-corrected chi connectivity index (χ4v) is 3.52. The zero-order valence-electron chi connectivity index (χ0n) is 14.4. The van der Waals surface area contributed by atoms with Crippen LogP contribution < -0.4 is 10.9 Å². The summed E-state index contributed by atoms with van der Waals surface area (Å²) in [6.07, 6.45) is 0.737.